The number of ether oxygens (including phenoxy) is 3. The van der Waals surface area contributed by atoms with Crippen LogP contribution in [0, 0.1) is 11.3 Å². The summed E-state index contributed by atoms with van der Waals surface area (Å²) in [5, 5.41) is 0. The predicted molar refractivity (Wildman–Crippen MR) is 98.6 cm³/mol. The van der Waals surface area contributed by atoms with Gasteiger partial charge in [0.15, 0.2) is 11.5 Å². The minimum absolute atomic E-state index is 0.249. The predicted octanol–water partition coefficient (Wildman–Crippen LogP) is 3.54. The second-order valence-electron chi connectivity index (χ2n) is 7.72. The van der Waals surface area contributed by atoms with Gasteiger partial charge >= 0.3 is 0 Å². The molecule has 0 N–H and O–H groups in total. The number of nitrogens with zero attached hydrogens (tertiary/aromatic N) is 1. The Balaban J connectivity index is 2.03. The third-order valence-corrected chi connectivity index (χ3v) is 4.79. The number of amides is 1. The number of carbonyl (C=O) groups excluding carboxylic acids is 1. The topological polar surface area (TPSA) is 48.0 Å². The Morgan fingerprint density at radius 3 is 1.96 bits per heavy atom. The zero-order chi connectivity index (χ0) is 18.6. The highest BCUT2D eigenvalue weighted by atomic mass is 16.5. The highest BCUT2D eigenvalue weighted by Gasteiger charge is 2.30. The third kappa shape index (κ3) is 4.59. The van der Waals surface area contributed by atoms with Crippen LogP contribution in [0.1, 0.15) is 39.2 Å². The van der Waals surface area contributed by atoms with Crippen LogP contribution in [0.2, 0.25) is 0 Å². The first kappa shape index (κ1) is 19.4. The molecule has 1 amide bonds. The largest absolute Gasteiger partial charge is 0.493 e. The summed E-state index contributed by atoms with van der Waals surface area (Å²) in [6, 6.07) is 4.04. The molecule has 25 heavy (non-hydrogen) atoms. The zero-order valence-electron chi connectivity index (χ0n) is 16.3. The third-order valence-electron chi connectivity index (χ3n) is 4.79. The van der Waals surface area contributed by atoms with Crippen molar-refractivity contribution in [3.8, 4) is 17.2 Å². The van der Waals surface area contributed by atoms with Crippen molar-refractivity contribution in [2.24, 2.45) is 11.3 Å². The molecule has 0 saturated carbocycles. The summed E-state index contributed by atoms with van der Waals surface area (Å²) < 4.78 is 16.3. The molecule has 0 radical (unpaired) electrons. The summed E-state index contributed by atoms with van der Waals surface area (Å²) in [6.07, 6.45) is 3.01. The lowest BCUT2D eigenvalue weighted by Crippen LogP contribution is -2.44. The minimum atomic E-state index is -0.302. The molecule has 140 valence electrons. The van der Waals surface area contributed by atoms with Crippen LogP contribution in [0.5, 0.6) is 17.2 Å². The average molecular weight is 349 g/mol. The maximum atomic E-state index is 12.4. The maximum Gasteiger partial charge on any atom is 0.227 e. The van der Waals surface area contributed by atoms with Crippen molar-refractivity contribution in [1.29, 1.82) is 0 Å². The van der Waals surface area contributed by atoms with Crippen LogP contribution in [0.25, 0.3) is 0 Å². The first-order chi connectivity index (χ1) is 11.8. The summed E-state index contributed by atoms with van der Waals surface area (Å²) in [6.45, 7) is 7.63. The van der Waals surface area contributed by atoms with Crippen LogP contribution in [0.15, 0.2) is 12.1 Å². The molecule has 1 aromatic rings. The van der Waals surface area contributed by atoms with Gasteiger partial charge in [-0.25, -0.2) is 0 Å². The van der Waals surface area contributed by atoms with Crippen molar-refractivity contribution < 1.29 is 19.0 Å². The lowest BCUT2D eigenvalue weighted by Gasteiger charge is -2.35. The van der Waals surface area contributed by atoms with Gasteiger partial charge in [0.25, 0.3) is 0 Å². The van der Waals surface area contributed by atoms with Gasteiger partial charge in [0.05, 0.1) is 21.3 Å². The fraction of sp³-hybridized carbons (Fsp3) is 0.650. The van der Waals surface area contributed by atoms with Crippen molar-refractivity contribution in [1.82, 2.24) is 4.90 Å². The summed E-state index contributed by atoms with van der Waals surface area (Å²) in [5.41, 5.74) is 0.874. The molecule has 1 aliphatic heterocycles. The first-order valence-corrected chi connectivity index (χ1v) is 8.88. The number of piperidine rings is 1. The average Bonchev–Trinajstić information content (AvgIpc) is 2.60. The van der Waals surface area contributed by atoms with Gasteiger partial charge in [0.2, 0.25) is 11.7 Å². The molecule has 1 fully saturated rings. The molecular weight excluding hydrogens is 318 g/mol. The van der Waals surface area contributed by atoms with E-state index >= 15 is 0 Å². The first-order valence-electron chi connectivity index (χ1n) is 8.88. The molecule has 1 heterocycles. The van der Waals surface area contributed by atoms with E-state index in [-0.39, 0.29) is 11.3 Å². The van der Waals surface area contributed by atoms with Gasteiger partial charge in [-0.1, -0.05) is 20.8 Å². The quantitative estimate of drug-likeness (QED) is 0.816. The second-order valence-corrected chi connectivity index (χ2v) is 7.72. The smallest absolute Gasteiger partial charge is 0.227 e. The van der Waals surface area contributed by atoms with Crippen LogP contribution in [-0.2, 0) is 11.2 Å². The molecular formula is C20H31NO4. The molecule has 0 bridgehead atoms. The Morgan fingerprint density at radius 2 is 1.56 bits per heavy atom. The maximum absolute atomic E-state index is 12.4. The Morgan fingerprint density at radius 1 is 1.04 bits per heavy atom. The Labute approximate surface area is 151 Å². The zero-order valence-corrected chi connectivity index (χ0v) is 16.3. The standard InChI is InChI=1S/C20H31NO4/c1-20(2,3)19(22)21-9-7-14(8-10-21)11-15-12-16(23-4)18(25-6)17(13-15)24-5/h12-14H,7-11H2,1-6H3. The highest BCUT2D eigenvalue weighted by molar-refractivity contribution is 5.81. The Hall–Kier alpha value is -1.91. The van der Waals surface area contributed by atoms with Gasteiger partial charge < -0.3 is 19.1 Å². The van der Waals surface area contributed by atoms with E-state index in [1.807, 2.05) is 37.8 Å². The van der Waals surface area contributed by atoms with Gasteiger partial charge in [0.1, 0.15) is 0 Å². The van der Waals surface area contributed by atoms with Crippen molar-refractivity contribution in [2.75, 3.05) is 34.4 Å². The van der Waals surface area contributed by atoms with Crippen LogP contribution < -0.4 is 14.2 Å². The van der Waals surface area contributed by atoms with E-state index in [4.69, 9.17) is 14.2 Å². The summed E-state index contributed by atoms with van der Waals surface area (Å²) in [7, 11) is 4.89. The highest BCUT2D eigenvalue weighted by Crippen LogP contribution is 2.39. The summed E-state index contributed by atoms with van der Waals surface area (Å²) >= 11 is 0. The van der Waals surface area contributed by atoms with Crippen molar-refractivity contribution in [2.45, 2.75) is 40.0 Å². The second kappa shape index (κ2) is 7.98. The number of carbonyl (C=O) groups is 1. The molecule has 0 spiro atoms. The number of hydrogen-bond donors (Lipinski definition) is 0. The van der Waals surface area contributed by atoms with E-state index in [9.17, 15) is 4.79 Å². The van der Waals surface area contributed by atoms with Crippen molar-refractivity contribution >= 4 is 5.91 Å². The van der Waals surface area contributed by atoms with Crippen LogP contribution in [0.3, 0.4) is 0 Å². The number of likely N-dealkylation sites (tertiary alicyclic amines) is 1. The lowest BCUT2D eigenvalue weighted by molar-refractivity contribution is -0.140. The summed E-state index contributed by atoms with van der Waals surface area (Å²) in [4.78, 5) is 14.4. The van der Waals surface area contributed by atoms with Gasteiger partial charge in [-0.2, -0.15) is 0 Å². The normalized spacial score (nSPS) is 15.8. The fourth-order valence-corrected chi connectivity index (χ4v) is 3.40. The van der Waals surface area contributed by atoms with E-state index < -0.39 is 0 Å². The van der Waals surface area contributed by atoms with Crippen molar-refractivity contribution in [3.63, 3.8) is 0 Å². The van der Waals surface area contributed by atoms with Crippen LogP contribution >= 0.6 is 0 Å². The minimum Gasteiger partial charge on any atom is -0.493 e. The van der Waals surface area contributed by atoms with E-state index in [1.165, 1.54) is 5.56 Å². The number of benzene rings is 1. The van der Waals surface area contributed by atoms with Gasteiger partial charge in [-0.05, 0) is 42.9 Å². The molecule has 1 aliphatic rings. The van der Waals surface area contributed by atoms with Gasteiger partial charge in [0, 0.05) is 18.5 Å². The van der Waals surface area contributed by atoms with Crippen LogP contribution in [-0.4, -0.2) is 45.2 Å². The lowest BCUT2D eigenvalue weighted by atomic mass is 9.88. The summed E-state index contributed by atoms with van der Waals surface area (Å²) in [5.74, 6) is 2.82. The molecule has 2 rings (SSSR count). The number of hydrogen-bond acceptors (Lipinski definition) is 4. The molecule has 0 aromatic heterocycles. The van der Waals surface area contributed by atoms with E-state index in [1.54, 1.807) is 21.3 Å². The Kier molecular flexibility index (Phi) is 6.20. The number of methoxy groups -OCH3 is 3. The van der Waals surface area contributed by atoms with E-state index in [0.29, 0.717) is 23.2 Å². The van der Waals surface area contributed by atoms with Crippen molar-refractivity contribution in [3.05, 3.63) is 17.7 Å². The van der Waals surface area contributed by atoms with E-state index in [0.717, 1.165) is 32.4 Å². The Bertz CT molecular complexity index is 573. The number of rotatable bonds is 5. The molecule has 0 aliphatic carbocycles. The molecule has 5 heteroatoms. The molecule has 1 aromatic carbocycles. The fourth-order valence-electron chi connectivity index (χ4n) is 3.40. The van der Waals surface area contributed by atoms with E-state index in [2.05, 4.69) is 0 Å². The monoisotopic (exact) mass is 349 g/mol. The molecule has 1 saturated heterocycles. The van der Waals surface area contributed by atoms with Crippen LogP contribution in [0.4, 0.5) is 0 Å². The molecule has 0 atom stereocenters. The SMILES string of the molecule is COc1cc(CC2CCN(C(=O)C(C)(C)C)CC2)cc(OC)c1OC. The molecule has 5 nitrogen and oxygen atoms in total. The molecule has 0 unspecified atom stereocenters. The van der Waals surface area contributed by atoms with Gasteiger partial charge in [-0.3, -0.25) is 4.79 Å². The van der Waals surface area contributed by atoms with Gasteiger partial charge in [-0.15, -0.1) is 0 Å².